The van der Waals surface area contributed by atoms with Crippen molar-refractivity contribution in [2.45, 2.75) is 67.2 Å². The Morgan fingerprint density at radius 1 is 0.952 bits per heavy atom. The molecule has 5 aliphatic heterocycles. The average molecular weight is 565 g/mol. The first-order valence-electron chi connectivity index (χ1n) is 14.5. The van der Waals surface area contributed by atoms with Crippen LogP contribution in [0, 0.1) is 11.8 Å². The quantitative estimate of drug-likeness (QED) is 0.312. The Morgan fingerprint density at radius 2 is 1.64 bits per heavy atom. The lowest BCUT2D eigenvalue weighted by Crippen LogP contribution is -2.15. The number of hydrogen-bond acceptors (Lipinski definition) is 8. The summed E-state index contributed by atoms with van der Waals surface area (Å²) in [6, 6.07) is 0. The predicted molar refractivity (Wildman–Crippen MR) is 164 cm³/mol. The van der Waals surface area contributed by atoms with Crippen LogP contribution in [0.15, 0.2) is 106 Å². The van der Waals surface area contributed by atoms with Gasteiger partial charge >= 0.3 is 5.97 Å². The fourth-order valence-electron chi connectivity index (χ4n) is 6.97. The maximum atomic E-state index is 12.8. The van der Waals surface area contributed by atoms with Crippen LogP contribution in [-0.2, 0) is 14.3 Å². The number of hydrogen-bond donors (Lipinski definition) is 2. The summed E-state index contributed by atoms with van der Waals surface area (Å²) in [4.78, 5) is 40.0. The Morgan fingerprint density at radius 3 is 2.33 bits per heavy atom. The van der Waals surface area contributed by atoms with Gasteiger partial charge in [-0.25, -0.2) is 15.0 Å². The van der Waals surface area contributed by atoms with Crippen LogP contribution in [-0.4, -0.2) is 41.1 Å². The van der Waals surface area contributed by atoms with Gasteiger partial charge in [0.1, 0.15) is 0 Å². The number of fused-ring (bicyclic) bond motifs is 5. The number of Topliss-reactive ketones (excluding diaryl/α,β-unsaturated/α-hetero) is 1. The number of carbonyl (C=O) groups excluding carboxylic acids is 2. The normalized spacial score (nSPS) is 25.8. The van der Waals surface area contributed by atoms with Crippen LogP contribution in [0.3, 0.4) is 0 Å². The molecule has 0 unspecified atom stereocenters. The molecule has 2 N–H and O–H groups in total. The van der Waals surface area contributed by atoms with Gasteiger partial charge in [0.15, 0.2) is 5.78 Å². The third-order valence-corrected chi connectivity index (χ3v) is 9.29. The average Bonchev–Trinajstić information content (AvgIpc) is 3.70. The zero-order chi connectivity index (χ0) is 30.0. The van der Waals surface area contributed by atoms with Crippen LogP contribution in [0.1, 0.15) is 67.2 Å². The van der Waals surface area contributed by atoms with Crippen LogP contribution in [0.5, 0.6) is 0 Å². The molecule has 216 valence electrons. The van der Waals surface area contributed by atoms with Crippen molar-refractivity contribution < 1.29 is 19.4 Å². The standard InChI is InChI=1S/C34H36N4O4/c1-15-21-8-9-23-33(21)38-25(15)13-28-32(20(6)40)18(4)27(36-28)14-29-31(19(5)39)17(3)26(35-29)12-24-16(2)22(34(23)37-24)10-11-30(41)42-7/h12-14,16,22,37,39H,8-11H2,1-7H3/b24-12?,25-13?,27-14?,31-19-,34-23?/t16-,22-/m0/s1. The van der Waals surface area contributed by atoms with Crippen molar-refractivity contribution in [1.82, 2.24) is 5.32 Å². The summed E-state index contributed by atoms with van der Waals surface area (Å²) in [5, 5.41) is 14.4. The molecule has 1 aliphatic carbocycles. The summed E-state index contributed by atoms with van der Waals surface area (Å²) in [5.41, 5.74) is 12.9. The first kappa shape index (κ1) is 27.8. The number of ether oxygens (including phenoxy) is 1. The highest BCUT2D eigenvalue weighted by Crippen LogP contribution is 2.46. The van der Waals surface area contributed by atoms with Crippen LogP contribution >= 0.6 is 0 Å². The van der Waals surface area contributed by atoms with Crippen molar-refractivity contribution in [3.8, 4) is 0 Å². The topological polar surface area (TPSA) is 113 Å². The van der Waals surface area contributed by atoms with Crippen LogP contribution in [0.4, 0.5) is 0 Å². The monoisotopic (exact) mass is 564 g/mol. The molecule has 0 amide bonds. The molecule has 1 saturated heterocycles. The number of carbonyl (C=O) groups is 2. The minimum Gasteiger partial charge on any atom is -0.512 e. The van der Waals surface area contributed by atoms with Gasteiger partial charge in [-0.2, -0.15) is 0 Å². The van der Waals surface area contributed by atoms with E-state index in [-0.39, 0.29) is 29.3 Å². The molecule has 42 heavy (non-hydrogen) atoms. The lowest BCUT2D eigenvalue weighted by atomic mass is 9.86. The molecule has 8 nitrogen and oxygen atoms in total. The highest BCUT2D eigenvalue weighted by atomic mass is 16.5. The highest BCUT2D eigenvalue weighted by Gasteiger charge is 2.40. The van der Waals surface area contributed by atoms with E-state index in [1.807, 2.05) is 26.0 Å². The highest BCUT2D eigenvalue weighted by molar-refractivity contribution is 6.30. The number of aliphatic hydroxyl groups is 1. The van der Waals surface area contributed by atoms with Crippen LogP contribution in [0.2, 0.25) is 0 Å². The number of ketones is 1. The molecule has 2 fully saturated rings. The second-order valence-corrected chi connectivity index (χ2v) is 11.8. The predicted octanol–water partition coefficient (Wildman–Crippen LogP) is 6.20. The third kappa shape index (κ3) is 4.32. The second-order valence-electron chi connectivity index (χ2n) is 11.8. The number of aliphatic imine (C=N–C) groups is 3. The largest absolute Gasteiger partial charge is 0.512 e. The Labute approximate surface area is 246 Å². The van der Waals surface area contributed by atoms with Gasteiger partial charge in [0.25, 0.3) is 0 Å². The maximum Gasteiger partial charge on any atom is 0.305 e. The van der Waals surface area contributed by atoms with E-state index in [2.05, 4.69) is 25.2 Å². The van der Waals surface area contributed by atoms with E-state index in [0.717, 1.165) is 58.1 Å². The van der Waals surface area contributed by atoms with Crippen LogP contribution in [0.25, 0.3) is 0 Å². The molecule has 0 aromatic rings. The van der Waals surface area contributed by atoms with E-state index in [9.17, 15) is 14.7 Å². The van der Waals surface area contributed by atoms with E-state index in [1.165, 1.54) is 18.3 Å². The zero-order valence-corrected chi connectivity index (χ0v) is 25.2. The number of methoxy groups -OCH3 is 1. The summed E-state index contributed by atoms with van der Waals surface area (Å²) in [5.74, 6) is 0.0668. The number of esters is 1. The Kier molecular flexibility index (Phi) is 6.75. The molecule has 8 heteroatoms. The number of nitrogens with one attached hydrogen (secondary N) is 1. The number of rotatable bonds is 4. The molecular weight excluding hydrogens is 528 g/mol. The van der Waals surface area contributed by atoms with Crippen molar-refractivity contribution in [1.29, 1.82) is 0 Å². The van der Waals surface area contributed by atoms with E-state index in [4.69, 9.17) is 19.7 Å². The lowest BCUT2D eigenvalue weighted by Gasteiger charge is -2.17. The van der Waals surface area contributed by atoms with Gasteiger partial charge in [0.05, 0.1) is 47.1 Å². The zero-order valence-electron chi connectivity index (χ0n) is 25.2. The van der Waals surface area contributed by atoms with E-state index >= 15 is 0 Å². The second kappa shape index (κ2) is 10.2. The summed E-state index contributed by atoms with van der Waals surface area (Å²) in [7, 11) is 1.42. The molecule has 6 aliphatic rings. The Bertz CT molecular complexity index is 1720. The van der Waals surface area contributed by atoms with Gasteiger partial charge in [-0.1, -0.05) is 6.92 Å². The molecule has 5 heterocycles. The molecule has 0 aromatic heterocycles. The molecule has 6 rings (SSSR count). The van der Waals surface area contributed by atoms with Crippen molar-refractivity contribution in [3.05, 3.63) is 91.5 Å². The SMILES string of the molecule is COC(=O)CC[C@@H]1C2=C3CCC4=C(C)C(=CC5=NC(=CC6=NC(=C(C)/C6=C(\C)O)C=C(N2)[C@H]1C)C(C)=C5C(C)=O)N=C43. The molecule has 0 aromatic carbocycles. The fourth-order valence-corrected chi connectivity index (χ4v) is 6.97. The molecule has 1 saturated carbocycles. The van der Waals surface area contributed by atoms with Crippen molar-refractivity contribution >= 4 is 28.9 Å². The molecular formula is C34H36N4O4. The smallest absolute Gasteiger partial charge is 0.305 e. The number of nitrogens with zero attached hydrogens (tertiary/aromatic N) is 3. The maximum absolute atomic E-state index is 12.8. The Balaban J connectivity index is 1.61. The molecule has 0 spiro atoms. The fraction of sp³-hybridized carbons (Fsp3) is 0.382. The summed E-state index contributed by atoms with van der Waals surface area (Å²) in [6.07, 6.45) is 8.55. The number of allylic oxidation sites excluding steroid dienone is 13. The van der Waals surface area contributed by atoms with Gasteiger partial charge in [0.2, 0.25) is 0 Å². The van der Waals surface area contributed by atoms with Gasteiger partial charge in [-0.05, 0) is 100.0 Å². The minimum atomic E-state index is -0.223. The van der Waals surface area contributed by atoms with Gasteiger partial charge in [-0.15, -0.1) is 0 Å². The third-order valence-electron chi connectivity index (χ3n) is 9.29. The van der Waals surface area contributed by atoms with E-state index in [0.29, 0.717) is 41.1 Å². The lowest BCUT2D eigenvalue weighted by molar-refractivity contribution is -0.140. The van der Waals surface area contributed by atoms with E-state index < -0.39 is 0 Å². The Hall–Kier alpha value is -4.33. The van der Waals surface area contributed by atoms with Gasteiger partial charge in [-0.3, -0.25) is 9.59 Å². The number of aliphatic hydroxyl groups excluding tert-OH is 1. The van der Waals surface area contributed by atoms with Crippen molar-refractivity contribution in [3.63, 3.8) is 0 Å². The summed E-state index contributed by atoms with van der Waals surface area (Å²) in [6.45, 7) is 11.4. The molecule has 2 atom stereocenters. The molecule has 0 radical (unpaired) electrons. The van der Waals surface area contributed by atoms with Gasteiger partial charge < -0.3 is 15.2 Å². The summed E-state index contributed by atoms with van der Waals surface area (Å²) < 4.78 is 4.97. The minimum absolute atomic E-state index is 0.0606. The van der Waals surface area contributed by atoms with Gasteiger partial charge in [0, 0.05) is 40.8 Å². The first-order valence-corrected chi connectivity index (χ1v) is 14.5. The van der Waals surface area contributed by atoms with Crippen molar-refractivity contribution in [2.24, 2.45) is 26.8 Å². The van der Waals surface area contributed by atoms with Crippen LogP contribution < -0.4 is 5.32 Å². The molecule has 8 bridgehead atoms. The van der Waals surface area contributed by atoms with E-state index in [1.54, 1.807) is 13.8 Å². The first-order chi connectivity index (χ1) is 20.0. The summed E-state index contributed by atoms with van der Waals surface area (Å²) >= 11 is 0. The van der Waals surface area contributed by atoms with Crippen molar-refractivity contribution in [2.75, 3.05) is 7.11 Å².